The Morgan fingerprint density at radius 3 is 1.07 bits per heavy atom. The van der Waals surface area contributed by atoms with Gasteiger partial charge in [0.2, 0.25) is 0 Å². The van der Waals surface area contributed by atoms with E-state index in [1.807, 2.05) is 0 Å². The molecule has 0 heterocycles. The van der Waals surface area contributed by atoms with Crippen LogP contribution in [0, 0.1) is 0 Å². The molecule has 0 aliphatic heterocycles. The number of phosphoric ester groups is 1. The highest BCUT2D eigenvalue weighted by Gasteiger charge is 2.26. The number of unbranched alkanes of at least 4 members (excludes halogenated alkanes) is 40. The van der Waals surface area contributed by atoms with Gasteiger partial charge < -0.3 is 20.1 Å². The van der Waals surface area contributed by atoms with Gasteiger partial charge in [0.15, 0.2) is 6.10 Å². The quantitative estimate of drug-likeness (QED) is 0.0264. The number of ether oxygens (including phenoxy) is 2. The van der Waals surface area contributed by atoms with Gasteiger partial charge in [-0.1, -0.05) is 288 Å². The molecule has 0 aliphatic carbocycles. The standard InChI is InChI=1S/C62H118NO8P/c1-3-5-7-9-11-13-15-17-19-21-23-25-26-27-28-29-30-31-32-33-35-36-38-40-42-44-46-48-50-52-54-61(64)68-58-60(59-70-72(66,67)69-57-56-63)71-62(65)55-53-51-49-47-45-43-41-39-37-34-24-22-20-18-16-14-12-10-8-6-4-2/h16,18,22,24,37,39,60H,3-15,17,19-21,23,25-36,38,40-59,63H2,1-2H3,(H,66,67)/b18-16-,24-22-,39-37-. The third kappa shape index (κ3) is 57.5. The molecule has 9 nitrogen and oxygen atoms in total. The van der Waals surface area contributed by atoms with Crippen molar-refractivity contribution in [2.75, 3.05) is 26.4 Å². The minimum Gasteiger partial charge on any atom is -0.462 e. The van der Waals surface area contributed by atoms with Crippen molar-refractivity contribution in [3.63, 3.8) is 0 Å². The fraction of sp³-hybridized carbons (Fsp3) is 0.871. The zero-order valence-corrected chi connectivity index (χ0v) is 48.3. The maximum Gasteiger partial charge on any atom is 0.472 e. The summed E-state index contributed by atoms with van der Waals surface area (Å²) in [6.45, 7) is 3.77. The van der Waals surface area contributed by atoms with Gasteiger partial charge in [-0.05, 0) is 51.4 Å². The van der Waals surface area contributed by atoms with Crippen molar-refractivity contribution in [2.24, 2.45) is 5.73 Å². The van der Waals surface area contributed by atoms with Crippen molar-refractivity contribution in [1.29, 1.82) is 0 Å². The van der Waals surface area contributed by atoms with E-state index < -0.39 is 26.5 Å². The number of hydrogen-bond donors (Lipinski definition) is 2. The molecule has 2 unspecified atom stereocenters. The Morgan fingerprint density at radius 1 is 0.417 bits per heavy atom. The number of hydrogen-bond acceptors (Lipinski definition) is 8. The molecule has 3 N–H and O–H groups in total. The van der Waals surface area contributed by atoms with E-state index in [2.05, 4.69) is 50.3 Å². The van der Waals surface area contributed by atoms with Crippen LogP contribution in [-0.4, -0.2) is 49.3 Å². The Morgan fingerprint density at radius 2 is 0.722 bits per heavy atom. The summed E-state index contributed by atoms with van der Waals surface area (Å²) >= 11 is 0. The van der Waals surface area contributed by atoms with Crippen LogP contribution >= 0.6 is 7.82 Å². The molecule has 10 heteroatoms. The third-order valence-corrected chi connectivity index (χ3v) is 14.8. The molecule has 2 atom stereocenters. The molecule has 0 saturated heterocycles. The summed E-state index contributed by atoms with van der Waals surface area (Å²) in [5.74, 6) is -0.827. The summed E-state index contributed by atoms with van der Waals surface area (Å²) in [6, 6.07) is 0. The van der Waals surface area contributed by atoms with Gasteiger partial charge >= 0.3 is 19.8 Å². The predicted molar refractivity (Wildman–Crippen MR) is 307 cm³/mol. The van der Waals surface area contributed by atoms with Crippen LogP contribution < -0.4 is 5.73 Å². The van der Waals surface area contributed by atoms with Crippen molar-refractivity contribution in [3.8, 4) is 0 Å². The Labute approximate surface area is 445 Å². The van der Waals surface area contributed by atoms with E-state index in [0.29, 0.717) is 6.42 Å². The number of carbonyl (C=O) groups is 2. The zero-order valence-electron chi connectivity index (χ0n) is 47.4. The lowest BCUT2D eigenvalue weighted by Crippen LogP contribution is -2.29. The molecular weight excluding hydrogens is 918 g/mol. The van der Waals surface area contributed by atoms with E-state index in [1.54, 1.807) is 0 Å². The average molecular weight is 1040 g/mol. The second kappa shape index (κ2) is 58.5. The van der Waals surface area contributed by atoms with Gasteiger partial charge in [0.05, 0.1) is 13.2 Å². The summed E-state index contributed by atoms with van der Waals surface area (Å²) in [4.78, 5) is 35.2. The molecule has 0 amide bonds. The molecule has 72 heavy (non-hydrogen) atoms. The molecule has 0 aromatic rings. The SMILES string of the molecule is CCCCCCC/C=C\C/C=C\C/C=C\CCCCCCCCC(=O)OC(COC(=O)CCCCCCCCCCCCCCCCCCCCCCCCCCCCCCCC)COP(=O)(O)OCCN. The van der Waals surface area contributed by atoms with Gasteiger partial charge in [0.25, 0.3) is 0 Å². The number of allylic oxidation sites excluding steroid dienone is 6. The number of rotatable bonds is 59. The molecule has 0 aliphatic rings. The number of phosphoric acid groups is 1. The third-order valence-electron chi connectivity index (χ3n) is 13.8. The fourth-order valence-electron chi connectivity index (χ4n) is 9.18. The summed E-state index contributed by atoms with van der Waals surface area (Å²) in [5, 5.41) is 0. The number of nitrogens with two attached hydrogens (primary N) is 1. The van der Waals surface area contributed by atoms with Crippen LogP contribution in [-0.2, 0) is 32.7 Å². The molecule has 0 fully saturated rings. The maximum atomic E-state index is 12.7. The molecule has 0 aromatic carbocycles. The topological polar surface area (TPSA) is 134 Å². The van der Waals surface area contributed by atoms with Crippen LogP contribution in [0.25, 0.3) is 0 Å². The molecule has 0 spiro atoms. The van der Waals surface area contributed by atoms with E-state index in [9.17, 15) is 19.0 Å². The summed E-state index contributed by atoms with van der Waals surface area (Å²) in [7, 11) is -4.39. The Kier molecular flexibility index (Phi) is 57.1. The minimum absolute atomic E-state index is 0.0519. The van der Waals surface area contributed by atoms with Crippen LogP contribution in [0.5, 0.6) is 0 Å². The van der Waals surface area contributed by atoms with Gasteiger partial charge in [-0.2, -0.15) is 0 Å². The van der Waals surface area contributed by atoms with Crippen LogP contribution in [0.4, 0.5) is 0 Å². The van der Waals surface area contributed by atoms with Crippen molar-refractivity contribution in [3.05, 3.63) is 36.5 Å². The minimum atomic E-state index is -4.39. The van der Waals surface area contributed by atoms with Crippen molar-refractivity contribution < 1.29 is 37.6 Å². The zero-order chi connectivity index (χ0) is 52.4. The Hall–Kier alpha value is -1.77. The lowest BCUT2D eigenvalue weighted by molar-refractivity contribution is -0.161. The molecule has 424 valence electrons. The van der Waals surface area contributed by atoms with Gasteiger partial charge in [-0.3, -0.25) is 18.6 Å². The fourth-order valence-corrected chi connectivity index (χ4v) is 9.94. The highest BCUT2D eigenvalue weighted by atomic mass is 31.2. The monoisotopic (exact) mass is 1040 g/mol. The molecule has 0 bridgehead atoms. The summed E-state index contributed by atoms with van der Waals surface area (Å²) < 4.78 is 33.1. The smallest absolute Gasteiger partial charge is 0.462 e. The molecule has 0 aromatic heterocycles. The second-order valence-electron chi connectivity index (χ2n) is 20.9. The molecular formula is C62H118NO8P. The second-order valence-corrected chi connectivity index (χ2v) is 22.4. The first-order chi connectivity index (χ1) is 35.3. The first kappa shape index (κ1) is 70.2. The van der Waals surface area contributed by atoms with Gasteiger partial charge in [-0.15, -0.1) is 0 Å². The van der Waals surface area contributed by atoms with Gasteiger partial charge in [0, 0.05) is 19.4 Å². The number of carbonyl (C=O) groups excluding carboxylic acids is 2. The Bertz CT molecular complexity index is 1270. The van der Waals surface area contributed by atoms with E-state index in [4.69, 9.17) is 24.3 Å². The predicted octanol–water partition coefficient (Wildman–Crippen LogP) is 19.6. The highest BCUT2D eigenvalue weighted by Crippen LogP contribution is 2.43. The van der Waals surface area contributed by atoms with Crippen LogP contribution in [0.2, 0.25) is 0 Å². The van der Waals surface area contributed by atoms with Gasteiger partial charge in [-0.25, -0.2) is 4.57 Å². The number of esters is 2. The van der Waals surface area contributed by atoms with Crippen molar-refractivity contribution >= 4 is 19.8 Å². The Balaban J connectivity index is 3.89. The normalized spacial score (nSPS) is 13.2. The van der Waals surface area contributed by atoms with Crippen molar-refractivity contribution in [2.45, 2.75) is 322 Å². The lowest BCUT2D eigenvalue weighted by atomic mass is 10.0. The van der Waals surface area contributed by atoms with Crippen LogP contribution in [0.15, 0.2) is 36.5 Å². The molecule has 0 saturated carbocycles. The largest absolute Gasteiger partial charge is 0.472 e. The first-order valence-electron chi connectivity index (χ1n) is 31.0. The summed E-state index contributed by atoms with van der Waals surface area (Å²) in [6.07, 6.45) is 70.8. The van der Waals surface area contributed by atoms with E-state index >= 15 is 0 Å². The van der Waals surface area contributed by atoms with Crippen molar-refractivity contribution in [1.82, 2.24) is 0 Å². The summed E-state index contributed by atoms with van der Waals surface area (Å²) in [5.41, 5.74) is 5.38. The van der Waals surface area contributed by atoms with E-state index in [0.717, 1.165) is 70.6 Å². The first-order valence-corrected chi connectivity index (χ1v) is 32.5. The molecule has 0 rings (SSSR count). The average Bonchev–Trinajstić information content (AvgIpc) is 3.37. The maximum absolute atomic E-state index is 12.7. The molecule has 0 radical (unpaired) electrons. The van der Waals surface area contributed by atoms with Crippen LogP contribution in [0.3, 0.4) is 0 Å². The van der Waals surface area contributed by atoms with E-state index in [-0.39, 0.29) is 38.6 Å². The van der Waals surface area contributed by atoms with Gasteiger partial charge in [0.1, 0.15) is 6.61 Å². The lowest BCUT2D eigenvalue weighted by Gasteiger charge is -2.19. The highest BCUT2D eigenvalue weighted by molar-refractivity contribution is 7.47. The van der Waals surface area contributed by atoms with Crippen LogP contribution in [0.1, 0.15) is 316 Å². The van der Waals surface area contributed by atoms with E-state index in [1.165, 1.54) is 212 Å².